The quantitative estimate of drug-likeness (QED) is 0.892. The van der Waals surface area contributed by atoms with Gasteiger partial charge in [0.25, 0.3) is 0 Å². The van der Waals surface area contributed by atoms with Crippen molar-refractivity contribution in [3.8, 4) is 0 Å². The van der Waals surface area contributed by atoms with Gasteiger partial charge in [-0.15, -0.1) is 0 Å². The van der Waals surface area contributed by atoms with Crippen LogP contribution in [0.15, 0.2) is 24.3 Å². The first-order chi connectivity index (χ1) is 10.2. The zero-order valence-electron chi connectivity index (χ0n) is 12.6. The highest BCUT2D eigenvalue weighted by atomic mass is 16.2. The number of nitrogens with zero attached hydrogens (tertiary/aromatic N) is 1. The van der Waals surface area contributed by atoms with E-state index in [2.05, 4.69) is 29.6 Å². The molecule has 21 heavy (non-hydrogen) atoms. The predicted molar refractivity (Wildman–Crippen MR) is 85.1 cm³/mol. The molecule has 1 aliphatic heterocycles. The van der Waals surface area contributed by atoms with E-state index in [1.54, 1.807) is 0 Å². The number of hydrogen-bond donors (Lipinski definition) is 2. The Hall–Kier alpha value is -1.39. The molecule has 1 amide bonds. The molecule has 114 valence electrons. The van der Waals surface area contributed by atoms with Gasteiger partial charge in [-0.2, -0.15) is 0 Å². The summed E-state index contributed by atoms with van der Waals surface area (Å²) in [5.74, 6) is 0.249. The molecule has 0 aromatic heterocycles. The number of carbonyl (C=O) groups is 1. The summed E-state index contributed by atoms with van der Waals surface area (Å²) in [6, 6.07) is 9.39. The van der Waals surface area contributed by atoms with E-state index in [4.69, 9.17) is 5.73 Å². The van der Waals surface area contributed by atoms with Crippen molar-refractivity contribution < 1.29 is 4.79 Å². The first-order valence-corrected chi connectivity index (χ1v) is 8.10. The van der Waals surface area contributed by atoms with E-state index in [0.717, 1.165) is 38.0 Å². The summed E-state index contributed by atoms with van der Waals surface area (Å²) in [5, 5.41) is 3.62. The van der Waals surface area contributed by atoms with Crippen LogP contribution in [0.3, 0.4) is 0 Å². The third-order valence-corrected chi connectivity index (χ3v) is 4.69. The van der Waals surface area contributed by atoms with Crippen molar-refractivity contribution >= 4 is 11.6 Å². The first-order valence-electron chi connectivity index (χ1n) is 8.10. The number of rotatable bonds is 4. The fourth-order valence-electron chi connectivity index (χ4n) is 3.30. The summed E-state index contributed by atoms with van der Waals surface area (Å²) in [7, 11) is 0. The predicted octanol–water partition coefficient (Wildman–Crippen LogP) is 2.17. The van der Waals surface area contributed by atoms with Crippen molar-refractivity contribution in [2.24, 2.45) is 5.73 Å². The maximum Gasteiger partial charge on any atom is 0.227 e. The average molecular weight is 287 g/mol. The van der Waals surface area contributed by atoms with Crippen LogP contribution in [0.1, 0.15) is 44.1 Å². The fraction of sp³-hybridized carbons (Fsp3) is 0.588. The van der Waals surface area contributed by atoms with Crippen LogP contribution in [0.4, 0.5) is 5.69 Å². The Morgan fingerprint density at radius 3 is 2.48 bits per heavy atom. The maximum atomic E-state index is 11.7. The maximum absolute atomic E-state index is 11.7. The molecule has 3 N–H and O–H groups in total. The van der Waals surface area contributed by atoms with Crippen molar-refractivity contribution in [3.63, 3.8) is 0 Å². The van der Waals surface area contributed by atoms with E-state index in [0.29, 0.717) is 18.5 Å². The number of benzene rings is 1. The number of carbonyl (C=O) groups excluding carboxylic acids is 1. The monoisotopic (exact) mass is 287 g/mol. The fourth-order valence-corrected chi connectivity index (χ4v) is 3.30. The zero-order chi connectivity index (χ0) is 14.7. The van der Waals surface area contributed by atoms with Gasteiger partial charge in [0, 0.05) is 37.3 Å². The molecule has 0 bridgehead atoms. The van der Waals surface area contributed by atoms with E-state index in [1.807, 2.05) is 4.90 Å². The number of nitrogens with two attached hydrogens (primary N) is 1. The van der Waals surface area contributed by atoms with Crippen LogP contribution in [0.2, 0.25) is 0 Å². The molecule has 1 aromatic rings. The second-order valence-corrected chi connectivity index (χ2v) is 6.31. The summed E-state index contributed by atoms with van der Waals surface area (Å²) in [5.41, 5.74) is 8.24. The lowest BCUT2D eigenvalue weighted by atomic mass is 9.92. The molecular formula is C17H25N3O. The SMILES string of the molecule is NC1CCC(NCc2ccc(N3CCCC3=O)cc2)CC1. The van der Waals surface area contributed by atoms with E-state index in [9.17, 15) is 4.79 Å². The standard InChI is InChI=1S/C17H25N3O/c18-14-5-7-15(8-6-14)19-12-13-3-9-16(10-4-13)20-11-1-2-17(20)21/h3-4,9-10,14-15,19H,1-2,5-8,11-12,18H2. The second-order valence-electron chi connectivity index (χ2n) is 6.31. The Kier molecular flexibility index (Phi) is 4.56. The molecule has 0 spiro atoms. The van der Waals surface area contributed by atoms with Crippen LogP contribution in [0.25, 0.3) is 0 Å². The van der Waals surface area contributed by atoms with Crippen LogP contribution >= 0.6 is 0 Å². The van der Waals surface area contributed by atoms with Gasteiger partial charge >= 0.3 is 0 Å². The lowest BCUT2D eigenvalue weighted by molar-refractivity contribution is -0.117. The minimum atomic E-state index is 0.249. The largest absolute Gasteiger partial charge is 0.328 e. The molecule has 1 heterocycles. The highest BCUT2D eigenvalue weighted by Gasteiger charge is 2.21. The lowest BCUT2D eigenvalue weighted by Crippen LogP contribution is -2.37. The van der Waals surface area contributed by atoms with Crippen molar-refractivity contribution in [1.82, 2.24) is 5.32 Å². The molecule has 2 aliphatic rings. The number of amides is 1. The van der Waals surface area contributed by atoms with Crippen molar-refractivity contribution in [2.75, 3.05) is 11.4 Å². The summed E-state index contributed by atoms with van der Waals surface area (Å²) in [6.07, 6.45) is 6.30. The van der Waals surface area contributed by atoms with Crippen LogP contribution < -0.4 is 16.0 Å². The van der Waals surface area contributed by atoms with Gasteiger partial charge in [0.1, 0.15) is 0 Å². The van der Waals surface area contributed by atoms with Gasteiger partial charge in [-0.25, -0.2) is 0 Å². The molecule has 1 aliphatic carbocycles. The van der Waals surface area contributed by atoms with Crippen LogP contribution in [0, 0.1) is 0 Å². The number of anilines is 1. The van der Waals surface area contributed by atoms with E-state index in [-0.39, 0.29) is 5.91 Å². The average Bonchev–Trinajstić information content (AvgIpc) is 2.93. The molecule has 0 radical (unpaired) electrons. The molecule has 1 aromatic carbocycles. The minimum Gasteiger partial charge on any atom is -0.328 e. The van der Waals surface area contributed by atoms with E-state index in [1.165, 1.54) is 18.4 Å². The molecule has 1 saturated heterocycles. The molecule has 0 atom stereocenters. The molecule has 3 rings (SSSR count). The van der Waals surface area contributed by atoms with Gasteiger partial charge in [0.15, 0.2) is 0 Å². The molecule has 0 unspecified atom stereocenters. The summed E-state index contributed by atoms with van der Waals surface area (Å²) in [6.45, 7) is 1.76. The molecular weight excluding hydrogens is 262 g/mol. The Morgan fingerprint density at radius 2 is 1.86 bits per heavy atom. The van der Waals surface area contributed by atoms with Gasteiger partial charge in [-0.3, -0.25) is 4.79 Å². The number of nitrogens with one attached hydrogen (secondary N) is 1. The summed E-state index contributed by atoms with van der Waals surface area (Å²) >= 11 is 0. The van der Waals surface area contributed by atoms with Crippen molar-refractivity contribution in [1.29, 1.82) is 0 Å². The lowest BCUT2D eigenvalue weighted by Gasteiger charge is -2.27. The topological polar surface area (TPSA) is 58.4 Å². The smallest absolute Gasteiger partial charge is 0.227 e. The van der Waals surface area contributed by atoms with Crippen LogP contribution in [-0.4, -0.2) is 24.5 Å². The van der Waals surface area contributed by atoms with Crippen molar-refractivity contribution in [2.45, 2.75) is 57.2 Å². The Balaban J connectivity index is 1.51. The third-order valence-electron chi connectivity index (χ3n) is 4.69. The molecule has 1 saturated carbocycles. The van der Waals surface area contributed by atoms with E-state index < -0.39 is 0 Å². The normalized spacial score (nSPS) is 26.3. The van der Waals surface area contributed by atoms with Gasteiger partial charge < -0.3 is 16.0 Å². The van der Waals surface area contributed by atoms with Crippen LogP contribution in [0.5, 0.6) is 0 Å². The Labute approximate surface area is 126 Å². The number of hydrogen-bond acceptors (Lipinski definition) is 3. The summed E-state index contributed by atoms with van der Waals surface area (Å²) < 4.78 is 0. The van der Waals surface area contributed by atoms with Gasteiger partial charge in [0.2, 0.25) is 5.91 Å². The van der Waals surface area contributed by atoms with Crippen molar-refractivity contribution in [3.05, 3.63) is 29.8 Å². The van der Waals surface area contributed by atoms with Crippen LogP contribution in [-0.2, 0) is 11.3 Å². The second kappa shape index (κ2) is 6.58. The molecule has 4 heteroatoms. The minimum absolute atomic E-state index is 0.249. The molecule has 2 fully saturated rings. The Bertz CT molecular complexity index is 477. The Morgan fingerprint density at radius 1 is 1.14 bits per heavy atom. The summed E-state index contributed by atoms with van der Waals surface area (Å²) in [4.78, 5) is 13.6. The van der Waals surface area contributed by atoms with Gasteiger partial charge in [-0.05, 0) is 49.8 Å². The van der Waals surface area contributed by atoms with E-state index >= 15 is 0 Å². The highest BCUT2D eigenvalue weighted by molar-refractivity contribution is 5.95. The van der Waals surface area contributed by atoms with Gasteiger partial charge in [-0.1, -0.05) is 12.1 Å². The first kappa shape index (κ1) is 14.5. The highest BCUT2D eigenvalue weighted by Crippen LogP contribution is 2.22. The van der Waals surface area contributed by atoms with Gasteiger partial charge in [0.05, 0.1) is 0 Å². The zero-order valence-corrected chi connectivity index (χ0v) is 12.6. The third kappa shape index (κ3) is 3.63. The molecule has 4 nitrogen and oxygen atoms in total.